The van der Waals surface area contributed by atoms with E-state index in [1.165, 1.54) is 12.2 Å². The Bertz CT molecular complexity index is 632. The number of hydrogen-bond acceptors (Lipinski definition) is 5. The second kappa shape index (κ2) is 8.96. The number of benzene rings is 2. The van der Waals surface area contributed by atoms with Gasteiger partial charge in [0.1, 0.15) is 0 Å². The van der Waals surface area contributed by atoms with Crippen LogP contribution in [0, 0.1) is 0 Å². The first-order valence-corrected chi connectivity index (χ1v) is 6.87. The van der Waals surface area contributed by atoms with E-state index in [0.29, 0.717) is 0 Å². The Morgan fingerprint density at radius 3 is 1.48 bits per heavy atom. The summed E-state index contributed by atoms with van der Waals surface area (Å²) in [6.45, 7) is 0. The number of rotatable bonds is 6. The lowest BCUT2D eigenvalue weighted by Gasteiger charge is -2.01. The Kier molecular flexibility index (Phi) is 6.31. The highest BCUT2D eigenvalue weighted by Crippen LogP contribution is 2.01. The number of hydrogen-bond donors (Lipinski definition) is 1. The van der Waals surface area contributed by atoms with Gasteiger partial charge in [-0.1, -0.05) is 60.7 Å². The van der Waals surface area contributed by atoms with E-state index >= 15 is 0 Å². The van der Waals surface area contributed by atoms with E-state index in [1.54, 1.807) is 12.2 Å². The van der Waals surface area contributed by atoms with Crippen molar-refractivity contribution in [1.29, 1.82) is 0 Å². The maximum atomic E-state index is 11.4. The maximum Gasteiger partial charge on any atom is 0.353 e. The standard InChI is InChI=1S/C18H15NO4/c20-17(13-11-15-7-3-1-4-8-15)22-19-23-18(21)14-12-16-9-5-2-6-10-16/h1-14,19H/b13-11+,14-12+. The predicted octanol–water partition coefficient (Wildman–Crippen LogP) is 2.92. The molecule has 2 aromatic carbocycles. The van der Waals surface area contributed by atoms with Crippen LogP contribution in [0.3, 0.4) is 0 Å². The third-order valence-corrected chi connectivity index (χ3v) is 2.71. The average Bonchev–Trinajstić information content (AvgIpc) is 2.60. The molecule has 0 saturated heterocycles. The Hall–Kier alpha value is -3.18. The molecule has 2 aromatic rings. The minimum Gasteiger partial charge on any atom is -0.331 e. The van der Waals surface area contributed by atoms with Crippen molar-refractivity contribution in [3.63, 3.8) is 0 Å². The van der Waals surface area contributed by atoms with E-state index in [-0.39, 0.29) is 0 Å². The summed E-state index contributed by atoms with van der Waals surface area (Å²) in [4.78, 5) is 31.9. The van der Waals surface area contributed by atoms with Gasteiger partial charge in [-0.3, -0.25) is 0 Å². The summed E-state index contributed by atoms with van der Waals surface area (Å²) in [5.74, 6) is -1.37. The molecule has 0 aromatic heterocycles. The normalized spacial score (nSPS) is 10.8. The summed E-state index contributed by atoms with van der Waals surface area (Å²) in [6, 6.07) is 18.5. The zero-order valence-electron chi connectivity index (χ0n) is 12.2. The summed E-state index contributed by atoms with van der Waals surface area (Å²) in [7, 11) is 0. The molecule has 0 aliphatic heterocycles. The zero-order valence-corrected chi connectivity index (χ0v) is 12.2. The Balaban J connectivity index is 1.70. The summed E-state index contributed by atoms with van der Waals surface area (Å²) in [5.41, 5.74) is 3.56. The van der Waals surface area contributed by atoms with E-state index in [4.69, 9.17) is 0 Å². The first kappa shape index (κ1) is 16.2. The van der Waals surface area contributed by atoms with Gasteiger partial charge in [-0.25, -0.2) is 9.59 Å². The number of nitrogens with one attached hydrogen (secondary N) is 1. The van der Waals surface area contributed by atoms with Crippen LogP contribution < -0.4 is 5.64 Å². The van der Waals surface area contributed by atoms with Crippen LogP contribution in [0.25, 0.3) is 12.2 Å². The van der Waals surface area contributed by atoms with Gasteiger partial charge in [0, 0.05) is 17.8 Å². The van der Waals surface area contributed by atoms with Crippen LogP contribution in [0.2, 0.25) is 0 Å². The quantitative estimate of drug-likeness (QED) is 0.656. The lowest BCUT2D eigenvalue weighted by molar-refractivity contribution is -0.190. The first-order chi connectivity index (χ1) is 11.2. The summed E-state index contributed by atoms with van der Waals surface area (Å²) < 4.78 is 0. The van der Waals surface area contributed by atoms with Crippen LogP contribution in [0.5, 0.6) is 0 Å². The molecular weight excluding hydrogens is 294 g/mol. The molecule has 0 spiro atoms. The maximum absolute atomic E-state index is 11.4. The van der Waals surface area contributed by atoms with Crippen molar-refractivity contribution >= 4 is 24.1 Å². The van der Waals surface area contributed by atoms with Gasteiger partial charge in [0.25, 0.3) is 0 Å². The highest BCUT2D eigenvalue weighted by Gasteiger charge is 2.00. The minimum atomic E-state index is -0.686. The van der Waals surface area contributed by atoms with Crippen LogP contribution in [0.4, 0.5) is 0 Å². The summed E-state index contributed by atoms with van der Waals surface area (Å²) in [5, 5.41) is 0. The molecule has 0 amide bonds. The van der Waals surface area contributed by atoms with E-state index in [1.807, 2.05) is 66.3 Å². The molecule has 0 saturated carbocycles. The molecule has 0 radical (unpaired) electrons. The first-order valence-electron chi connectivity index (χ1n) is 6.87. The molecule has 5 heteroatoms. The Morgan fingerprint density at radius 1 is 0.696 bits per heavy atom. The van der Waals surface area contributed by atoms with E-state index in [0.717, 1.165) is 11.1 Å². The summed E-state index contributed by atoms with van der Waals surface area (Å²) >= 11 is 0. The molecule has 0 atom stereocenters. The van der Waals surface area contributed by atoms with Gasteiger partial charge in [-0.15, -0.1) is 0 Å². The molecule has 1 N–H and O–H groups in total. The lowest BCUT2D eigenvalue weighted by Crippen LogP contribution is -2.21. The van der Waals surface area contributed by atoms with Crippen LogP contribution in [0.15, 0.2) is 72.8 Å². The molecule has 116 valence electrons. The third-order valence-electron chi connectivity index (χ3n) is 2.71. The SMILES string of the molecule is O=C(/C=C/c1ccccc1)ONOC(=O)/C=C/c1ccccc1. The molecule has 23 heavy (non-hydrogen) atoms. The van der Waals surface area contributed by atoms with Gasteiger partial charge >= 0.3 is 11.9 Å². The monoisotopic (exact) mass is 309 g/mol. The van der Waals surface area contributed by atoms with E-state index in [2.05, 4.69) is 9.68 Å². The second-order valence-electron chi connectivity index (χ2n) is 4.41. The fourth-order valence-corrected chi connectivity index (χ4v) is 1.63. The molecule has 2 rings (SSSR count). The van der Waals surface area contributed by atoms with Gasteiger partial charge in [0.05, 0.1) is 0 Å². The highest BCUT2D eigenvalue weighted by molar-refractivity contribution is 5.88. The highest BCUT2D eigenvalue weighted by atomic mass is 16.9. The van der Waals surface area contributed by atoms with E-state index in [9.17, 15) is 9.59 Å². The second-order valence-corrected chi connectivity index (χ2v) is 4.41. The third kappa shape index (κ3) is 6.41. The van der Waals surface area contributed by atoms with Crippen LogP contribution in [0.1, 0.15) is 11.1 Å². The lowest BCUT2D eigenvalue weighted by atomic mass is 10.2. The number of carbonyl (C=O) groups is 2. The zero-order chi connectivity index (χ0) is 16.3. The molecule has 5 nitrogen and oxygen atoms in total. The van der Waals surface area contributed by atoms with Gasteiger partial charge in [-0.2, -0.15) is 0 Å². The van der Waals surface area contributed by atoms with Crippen LogP contribution in [-0.2, 0) is 19.3 Å². The molecule has 0 unspecified atom stereocenters. The van der Waals surface area contributed by atoms with Crippen molar-refractivity contribution in [3.8, 4) is 0 Å². The van der Waals surface area contributed by atoms with Gasteiger partial charge < -0.3 is 9.68 Å². The van der Waals surface area contributed by atoms with Crippen molar-refractivity contribution in [1.82, 2.24) is 5.64 Å². The van der Waals surface area contributed by atoms with Crippen molar-refractivity contribution in [3.05, 3.63) is 83.9 Å². The van der Waals surface area contributed by atoms with Crippen molar-refractivity contribution < 1.29 is 19.3 Å². The van der Waals surface area contributed by atoms with Crippen molar-refractivity contribution in [2.24, 2.45) is 0 Å². The molecule has 0 bridgehead atoms. The van der Waals surface area contributed by atoms with Crippen LogP contribution >= 0.6 is 0 Å². The average molecular weight is 309 g/mol. The molecule has 0 aliphatic rings. The van der Waals surface area contributed by atoms with Crippen molar-refractivity contribution in [2.75, 3.05) is 0 Å². The summed E-state index contributed by atoms with van der Waals surface area (Å²) in [6.07, 6.45) is 5.61. The smallest absolute Gasteiger partial charge is 0.331 e. The Morgan fingerprint density at radius 2 is 1.09 bits per heavy atom. The number of carbonyl (C=O) groups excluding carboxylic acids is 2. The molecule has 0 fully saturated rings. The van der Waals surface area contributed by atoms with Gasteiger partial charge in [-0.05, 0) is 23.3 Å². The molecule has 0 heterocycles. The largest absolute Gasteiger partial charge is 0.353 e. The van der Waals surface area contributed by atoms with Crippen LogP contribution in [-0.4, -0.2) is 11.9 Å². The fraction of sp³-hybridized carbons (Fsp3) is 0. The fourth-order valence-electron chi connectivity index (χ4n) is 1.63. The minimum absolute atomic E-state index is 0.686. The van der Waals surface area contributed by atoms with Gasteiger partial charge in [0.15, 0.2) is 0 Å². The van der Waals surface area contributed by atoms with E-state index < -0.39 is 11.9 Å². The Labute approximate surface area is 133 Å². The topological polar surface area (TPSA) is 64.6 Å². The molecule has 0 aliphatic carbocycles. The van der Waals surface area contributed by atoms with Gasteiger partial charge in [0.2, 0.25) is 0 Å². The van der Waals surface area contributed by atoms with Crippen molar-refractivity contribution in [2.45, 2.75) is 0 Å². The predicted molar refractivity (Wildman–Crippen MR) is 86.3 cm³/mol. The molecular formula is C18H15NO4.